The predicted octanol–water partition coefficient (Wildman–Crippen LogP) is 6.23. The Bertz CT molecular complexity index is 1450. The molecule has 3 heteroatoms. The third kappa shape index (κ3) is 2.62. The molecule has 0 spiro atoms. The Hall–Kier alpha value is -3.90. The average Bonchev–Trinajstić information content (AvgIpc) is 3.14. The predicted molar refractivity (Wildman–Crippen MR) is 120 cm³/mol. The molecule has 0 bridgehead atoms. The summed E-state index contributed by atoms with van der Waals surface area (Å²) in [5.74, 6) is 0. The lowest BCUT2D eigenvalue weighted by Crippen LogP contribution is -2.31. The molecule has 0 amide bonds. The lowest BCUT2D eigenvalue weighted by atomic mass is 9.95. The summed E-state index contributed by atoms with van der Waals surface area (Å²) < 4.78 is 8.72. The summed E-state index contributed by atoms with van der Waals surface area (Å²) in [5.41, 5.74) is 8.82. The van der Waals surface area contributed by atoms with Gasteiger partial charge < -0.3 is 4.42 Å². The van der Waals surface area contributed by atoms with Crippen LogP contribution >= 0.6 is 0 Å². The minimum Gasteiger partial charge on any atom is -0.454 e. The Kier molecular flexibility index (Phi) is 4.15. The summed E-state index contributed by atoms with van der Waals surface area (Å²) in [6, 6.07) is 24.8. The van der Waals surface area contributed by atoms with E-state index in [0.29, 0.717) is 5.56 Å². The molecule has 0 fully saturated rings. The molecule has 2 aromatic heterocycles. The number of nitriles is 1. The summed E-state index contributed by atoms with van der Waals surface area (Å²) in [5, 5.41) is 11.7. The van der Waals surface area contributed by atoms with E-state index < -0.39 is 0 Å². The molecule has 0 aliphatic rings. The first-order valence-corrected chi connectivity index (χ1v) is 10.00. The van der Waals surface area contributed by atoms with Crippen molar-refractivity contribution in [2.45, 2.75) is 13.8 Å². The van der Waals surface area contributed by atoms with Crippen molar-refractivity contribution in [2.24, 2.45) is 7.05 Å². The number of benzene rings is 3. The van der Waals surface area contributed by atoms with Crippen molar-refractivity contribution < 1.29 is 8.98 Å². The molecule has 2 heterocycles. The Labute approximate surface area is 175 Å². The first kappa shape index (κ1) is 18.1. The van der Waals surface area contributed by atoms with Crippen LogP contribution in [0.1, 0.15) is 16.7 Å². The molecule has 0 aliphatic carbocycles. The van der Waals surface area contributed by atoms with Crippen molar-refractivity contribution in [2.75, 3.05) is 0 Å². The second kappa shape index (κ2) is 6.86. The largest absolute Gasteiger partial charge is 0.454 e. The fraction of sp³-hybridized carbons (Fsp3) is 0.111. The molecule has 0 atom stereocenters. The van der Waals surface area contributed by atoms with E-state index in [1.165, 1.54) is 5.56 Å². The van der Waals surface area contributed by atoms with Crippen LogP contribution in [0, 0.1) is 25.2 Å². The molecule has 3 aromatic carbocycles. The van der Waals surface area contributed by atoms with Crippen LogP contribution < -0.4 is 4.57 Å². The van der Waals surface area contributed by atoms with Crippen LogP contribution in [-0.4, -0.2) is 0 Å². The van der Waals surface area contributed by atoms with Crippen molar-refractivity contribution >= 4 is 21.9 Å². The zero-order valence-electron chi connectivity index (χ0n) is 17.2. The summed E-state index contributed by atoms with van der Waals surface area (Å²) in [7, 11) is 2.05. The quantitative estimate of drug-likeness (QED) is 0.336. The van der Waals surface area contributed by atoms with Crippen molar-refractivity contribution in [1.82, 2.24) is 0 Å². The number of rotatable bonds is 2. The van der Waals surface area contributed by atoms with Crippen LogP contribution in [0.4, 0.5) is 0 Å². The Morgan fingerprint density at radius 1 is 0.833 bits per heavy atom. The van der Waals surface area contributed by atoms with Gasteiger partial charge in [-0.3, -0.25) is 0 Å². The zero-order chi connectivity index (χ0) is 20.8. The van der Waals surface area contributed by atoms with Crippen LogP contribution in [0.3, 0.4) is 0 Å². The van der Waals surface area contributed by atoms with Crippen molar-refractivity contribution in [3.8, 4) is 28.5 Å². The van der Waals surface area contributed by atoms with Crippen molar-refractivity contribution in [3.63, 3.8) is 0 Å². The summed E-state index contributed by atoms with van der Waals surface area (Å²) in [6.45, 7) is 4.23. The van der Waals surface area contributed by atoms with Crippen molar-refractivity contribution in [3.05, 3.63) is 89.6 Å². The average molecular weight is 389 g/mol. The Morgan fingerprint density at radius 2 is 1.63 bits per heavy atom. The molecule has 0 N–H and O–H groups in total. The lowest BCUT2D eigenvalue weighted by Gasteiger charge is -2.07. The highest BCUT2D eigenvalue weighted by atomic mass is 16.3. The monoisotopic (exact) mass is 389 g/mol. The number of hydrogen-bond acceptors (Lipinski definition) is 2. The number of pyridine rings is 1. The summed E-state index contributed by atoms with van der Waals surface area (Å²) in [6.07, 6.45) is 2.05. The highest BCUT2D eigenvalue weighted by molar-refractivity contribution is 6.15. The van der Waals surface area contributed by atoms with Gasteiger partial charge in [0.15, 0.2) is 6.20 Å². The van der Waals surface area contributed by atoms with Crippen LogP contribution in [-0.2, 0) is 7.05 Å². The molecular weight excluding hydrogens is 368 g/mol. The maximum Gasteiger partial charge on any atom is 0.219 e. The normalized spacial score (nSPS) is 11.1. The van der Waals surface area contributed by atoms with Gasteiger partial charge in [0.25, 0.3) is 0 Å². The SMILES string of the molecule is Cc1ccc2c(oc3c(-c4ccccc4)ccc(C#N)c32)c1-c1c(C)ccc[n+]1C. The standard InChI is InChI=1S/C27H21N2O/c1-17-11-13-22-24-20(16-28)12-14-21(19-9-5-4-6-10-19)26(24)30-27(22)23(17)25-18(2)8-7-15-29(25)3/h4-15H,1-3H3/q+1. The first-order chi connectivity index (χ1) is 14.6. The summed E-state index contributed by atoms with van der Waals surface area (Å²) in [4.78, 5) is 0. The van der Waals surface area contributed by atoms with Gasteiger partial charge in [0.2, 0.25) is 5.69 Å². The van der Waals surface area contributed by atoms with Gasteiger partial charge in [0.1, 0.15) is 18.2 Å². The minimum atomic E-state index is 0.632. The zero-order valence-corrected chi connectivity index (χ0v) is 17.2. The molecule has 30 heavy (non-hydrogen) atoms. The van der Waals surface area contributed by atoms with Gasteiger partial charge in [-0.1, -0.05) is 42.5 Å². The molecule has 5 rings (SSSR count). The Morgan fingerprint density at radius 3 is 2.37 bits per heavy atom. The second-order valence-corrected chi connectivity index (χ2v) is 7.73. The van der Waals surface area contributed by atoms with E-state index in [1.807, 2.05) is 36.4 Å². The molecule has 3 nitrogen and oxygen atoms in total. The highest BCUT2D eigenvalue weighted by Crippen LogP contribution is 2.42. The fourth-order valence-electron chi connectivity index (χ4n) is 4.40. The third-order valence-electron chi connectivity index (χ3n) is 5.82. The van der Waals surface area contributed by atoms with Crippen LogP contribution in [0.2, 0.25) is 0 Å². The number of aryl methyl sites for hydroxylation is 3. The van der Waals surface area contributed by atoms with Crippen molar-refractivity contribution in [1.29, 1.82) is 5.26 Å². The van der Waals surface area contributed by atoms with E-state index >= 15 is 0 Å². The molecule has 144 valence electrons. The van der Waals surface area contributed by atoms with E-state index in [0.717, 1.165) is 49.9 Å². The van der Waals surface area contributed by atoms with E-state index in [2.05, 4.69) is 68.1 Å². The number of aromatic nitrogens is 1. The fourth-order valence-corrected chi connectivity index (χ4v) is 4.40. The lowest BCUT2D eigenvalue weighted by molar-refractivity contribution is -0.660. The van der Waals surface area contributed by atoms with Gasteiger partial charge >= 0.3 is 0 Å². The number of hydrogen-bond donors (Lipinski definition) is 0. The molecule has 5 aromatic rings. The van der Waals surface area contributed by atoms with Gasteiger partial charge in [-0.05, 0) is 43.2 Å². The third-order valence-corrected chi connectivity index (χ3v) is 5.82. The first-order valence-electron chi connectivity index (χ1n) is 10.00. The smallest absolute Gasteiger partial charge is 0.219 e. The van der Waals surface area contributed by atoms with E-state index in [4.69, 9.17) is 4.42 Å². The summed E-state index contributed by atoms with van der Waals surface area (Å²) >= 11 is 0. The van der Waals surface area contributed by atoms with Gasteiger partial charge in [0.05, 0.1) is 17.2 Å². The maximum atomic E-state index is 9.81. The molecule has 0 saturated heterocycles. The number of fused-ring (bicyclic) bond motifs is 3. The van der Waals surface area contributed by atoms with Gasteiger partial charge in [-0.15, -0.1) is 0 Å². The topological polar surface area (TPSA) is 40.8 Å². The van der Waals surface area contributed by atoms with E-state index in [9.17, 15) is 5.26 Å². The van der Waals surface area contributed by atoms with E-state index in [1.54, 1.807) is 0 Å². The van der Waals surface area contributed by atoms with Gasteiger partial charge in [-0.2, -0.15) is 5.26 Å². The number of nitrogens with zero attached hydrogens (tertiary/aromatic N) is 2. The Balaban J connectivity index is 1.96. The highest BCUT2D eigenvalue weighted by Gasteiger charge is 2.24. The maximum absolute atomic E-state index is 9.81. The van der Waals surface area contributed by atoms with Gasteiger partial charge in [-0.25, -0.2) is 4.57 Å². The van der Waals surface area contributed by atoms with Crippen LogP contribution in [0.25, 0.3) is 44.3 Å². The van der Waals surface area contributed by atoms with E-state index in [-0.39, 0.29) is 0 Å². The number of furan rings is 1. The molecule has 0 aliphatic heterocycles. The molecule has 0 radical (unpaired) electrons. The van der Waals surface area contributed by atoms with Crippen LogP contribution in [0.5, 0.6) is 0 Å². The molecule has 0 saturated carbocycles. The second-order valence-electron chi connectivity index (χ2n) is 7.73. The van der Waals surface area contributed by atoms with Gasteiger partial charge in [0, 0.05) is 28.0 Å². The molecular formula is C27H21N2O+. The van der Waals surface area contributed by atoms with Crippen LogP contribution in [0.15, 0.2) is 77.3 Å². The molecule has 0 unspecified atom stereocenters. The minimum absolute atomic E-state index is 0.632.